The first-order chi connectivity index (χ1) is 10.1. The zero-order valence-corrected chi connectivity index (χ0v) is 14.1. The summed E-state index contributed by atoms with van der Waals surface area (Å²) in [5, 5.41) is 3.69. The van der Waals surface area contributed by atoms with Crippen LogP contribution in [0.25, 0.3) is 0 Å². The number of hydrogen-bond acceptors (Lipinski definition) is 1. The quantitative estimate of drug-likeness (QED) is 0.757. The van der Waals surface area contributed by atoms with Gasteiger partial charge < -0.3 is 5.32 Å². The Hall–Kier alpha value is -1.32. The van der Waals surface area contributed by atoms with Gasteiger partial charge in [-0.15, -0.1) is 0 Å². The lowest BCUT2D eigenvalue weighted by atomic mass is 10.0. The van der Waals surface area contributed by atoms with E-state index in [-0.39, 0.29) is 11.9 Å². The minimum absolute atomic E-state index is 0.0261. The van der Waals surface area contributed by atoms with Crippen molar-refractivity contribution >= 4 is 33.4 Å². The van der Waals surface area contributed by atoms with E-state index >= 15 is 0 Å². The third-order valence-corrected chi connectivity index (χ3v) is 4.48. The van der Waals surface area contributed by atoms with Gasteiger partial charge in [-0.3, -0.25) is 4.79 Å². The van der Waals surface area contributed by atoms with Gasteiger partial charge in [-0.05, 0) is 46.1 Å². The molecule has 0 spiro atoms. The van der Waals surface area contributed by atoms with Gasteiger partial charge in [0.1, 0.15) is 0 Å². The zero-order chi connectivity index (χ0) is 15.2. The van der Waals surface area contributed by atoms with Crippen molar-refractivity contribution in [3.63, 3.8) is 0 Å². The van der Waals surface area contributed by atoms with Crippen LogP contribution in [-0.2, 0) is 0 Å². The van der Waals surface area contributed by atoms with Crippen LogP contribution in [0.1, 0.15) is 41.7 Å². The Morgan fingerprint density at radius 2 is 1.95 bits per heavy atom. The van der Waals surface area contributed by atoms with Gasteiger partial charge in [-0.2, -0.15) is 0 Å². The molecule has 1 atom stereocenters. The normalized spacial score (nSPS) is 12.0. The van der Waals surface area contributed by atoms with E-state index in [1.165, 1.54) is 0 Å². The lowest BCUT2D eigenvalue weighted by Crippen LogP contribution is -2.28. The Kier molecular flexibility index (Phi) is 5.83. The smallest absolute Gasteiger partial charge is 0.251 e. The van der Waals surface area contributed by atoms with Crippen LogP contribution < -0.4 is 5.32 Å². The molecule has 0 aliphatic carbocycles. The molecule has 0 aliphatic rings. The molecular weight excluding hydrogens is 350 g/mol. The SMILES string of the molecule is CCCC(NC(=O)c1ccc(Cl)c(Br)c1)c1ccccc1. The molecule has 0 aliphatic heterocycles. The summed E-state index contributed by atoms with van der Waals surface area (Å²) in [6.45, 7) is 2.11. The Balaban J connectivity index is 2.16. The van der Waals surface area contributed by atoms with E-state index in [1.54, 1.807) is 18.2 Å². The fourth-order valence-electron chi connectivity index (χ4n) is 2.18. The van der Waals surface area contributed by atoms with Crippen LogP contribution in [0.15, 0.2) is 53.0 Å². The van der Waals surface area contributed by atoms with E-state index in [0.29, 0.717) is 10.6 Å². The largest absolute Gasteiger partial charge is 0.345 e. The third kappa shape index (κ3) is 4.32. The number of halogens is 2. The third-order valence-electron chi connectivity index (χ3n) is 3.27. The molecule has 0 fully saturated rings. The van der Waals surface area contributed by atoms with Crippen molar-refractivity contribution in [2.75, 3.05) is 0 Å². The van der Waals surface area contributed by atoms with Gasteiger partial charge in [0.2, 0.25) is 0 Å². The molecular formula is C17H17BrClNO. The van der Waals surface area contributed by atoms with Crippen molar-refractivity contribution < 1.29 is 4.79 Å². The lowest BCUT2D eigenvalue weighted by Gasteiger charge is -2.19. The zero-order valence-electron chi connectivity index (χ0n) is 11.8. The number of carbonyl (C=O) groups is 1. The van der Waals surface area contributed by atoms with E-state index in [0.717, 1.165) is 22.9 Å². The average Bonchev–Trinajstić information content (AvgIpc) is 2.50. The second-order valence-electron chi connectivity index (χ2n) is 4.85. The van der Waals surface area contributed by atoms with Crippen molar-refractivity contribution in [1.29, 1.82) is 0 Å². The summed E-state index contributed by atoms with van der Waals surface area (Å²) in [4.78, 5) is 12.4. The second kappa shape index (κ2) is 7.62. The first-order valence-electron chi connectivity index (χ1n) is 6.92. The van der Waals surface area contributed by atoms with E-state index in [1.807, 2.05) is 30.3 Å². The molecule has 110 valence electrons. The summed E-state index contributed by atoms with van der Waals surface area (Å²) in [7, 11) is 0. The van der Waals surface area contributed by atoms with Crippen molar-refractivity contribution in [1.82, 2.24) is 5.32 Å². The average molecular weight is 367 g/mol. The van der Waals surface area contributed by atoms with Crippen molar-refractivity contribution in [2.45, 2.75) is 25.8 Å². The summed E-state index contributed by atoms with van der Waals surface area (Å²) < 4.78 is 0.726. The molecule has 0 heterocycles. The Bertz CT molecular complexity index is 615. The maximum Gasteiger partial charge on any atom is 0.251 e. The number of benzene rings is 2. The molecule has 1 amide bonds. The summed E-state index contributed by atoms with van der Waals surface area (Å²) in [6, 6.07) is 15.3. The highest BCUT2D eigenvalue weighted by atomic mass is 79.9. The van der Waals surface area contributed by atoms with Crippen LogP contribution in [0.5, 0.6) is 0 Å². The summed E-state index contributed by atoms with van der Waals surface area (Å²) >= 11 is 9.30. The van der Waals surface area contributed by atoms with E-state index in [9.17, 15) is 4.79 Å². The van der Waals surface area contributed by atoms with Crippen LogP contribution in [0.3, 0.4) is 0 Å². The molecule has 0 aromatic heterocycles. The molecule has 2 aromatic carbocycles. The molecule has 2 aromatic rings. The minimum Gasteiger partial charge on any atom is -0.345 e. The van der Waals surface area contributed by atoms with Crippen molar-refractivity contribution in [3.8, 4) is 0 Å². The summed E-state index contributed by atoms with van der Waals surface area (Å²) in [5.74, 6) is -0.0883. The van der Waals surface area contributed by atoms with Crippen LogP contribution in [0.2, 0.25) is 5.02 Å². The topological polar surface area (TPSA) is 29.1 Å². The minimum atomic E-state index is -0.0883. The van der Waals surface area contributed by atoms with Gasteiger partial charge in [0.15, 0.2) is 0 Å². The molecule has 2 rings (SSSR count). The number of amides is 1. The van der Waals surface area contributed by atoms with Gasteiger partial charge >= 0.3 is 0 Å². The summed E-state index contributed by atoms with van der Waals surface area (Å²) in [6.07, 6.45) is 1.91. The van der Waals surface area contributed by atoms with Crippen LogP contribution >= 0.6 is 27.5 Å². The summed E-state index contributed by atoms with van der Waals surface area (Å²) in [5.41, 5.74) is 1.73. The molecule has 0 radical (unpaired) electrons. The molecule has 4 heteroatoms. The molecule has 1 unspecified atom stereocenters. The number of rotatable bonds is 5. The first kappa shape index (κ1) is 16.1. The van der Waals surface area contributed by atoms with Gasteiger partial charge in [0.05, 0.1) is 11.1 Å². The van der Waals surface area contributed by atoms with E-state index in [2.05, 4.69) is 28.2 Å². The van der Waals surface area contributed by atoms with Gasteiger partial charge in [-0.25, -0.2) is 0 Å². The Morgan fingerprint density at radius 1 is 1.24 bits per heavy atom. The molecule has 0 saturated carbocycles. The first-order valence-corrected chi connectivity index (χ1v) is 8.09. The standard InChI is InChI=1S/C17H17BrClNO/c1-2-6-16(12-7-4-3-5-8-12)20-17(21)13-9-10-15(19)14(18)11-13/h3-5,7-11,16H,2,6H2,1H3,(H,20,21). The van der Waals surface area contributed by atoms with E-state index < -0.39 is 0 Å². The highest BCUT2D eigenvalue weighted by Gasteiger charge is 2.15. The fraction of sp³-hybridized carbons (Fsp3) is 0.235. The Morgan fingerprint density at radius 3 is 2.57 bits per heavy atom. The number of carbonyl (C=O) groups excluding carboxylic acids is 1. The lowest BCUT2D eigenvalue weighted by molar-refractivity contribution is 0.0934. The molecule has 2 nitrogen and oxygen atoms in total. The van der Waals surface area contributed by atoms with E-state index in [4.69, 9.17) is 11.6 Å². The van der Waals surface area contributed by atoms with Crippen LogP contribution in [-0.4, -0.2) is 5.91 Å². The Labute approximate surface area is 138 Å². The van der Waals surface area contributed by atoms with Crippen LogP contribution in [0, 0.1) is 0 Å². The predicted molar refractivity (Wildman–Crippen MR) is 90.7 cm³/mol. The van der Waals surface area contributed by atoms with Gasteiger partial charge in [0.25, 0.3) is 5.91 Å². The number of hydrogen-bond donors (Lipinski definition) is 1. The second-order valence-corrected chi connectivity index (χ2v) is 6.12. The van der Waals surface area contributed by atoms with Gasteiger partial charge in [0, 0.05) is 10.0 Å². The number of nitrogens with one attached hydrogen (secondary N) is 1. The molecule has 0 saturated heterocycles. The maximum atomic E-state index is 12.4. The highest BCUT2D eigenvalue weighted by Crippen LogP contribution is 2.24. The molecule has 1 N–H and O–H groups in total. The van der Waals surface area contributed by atoms with Gasteiger partial charge in [-0.1, -0.05) is 55.3 Å². The van der Waals surface area contributed by atoms with Crippen molar-refractivity contribution in [2.24, 2.45) is 0 Å². The monoisotopic (exact) mass is 365 g/mol. The predicted octanol–water partition coefficient (Wildman–Crippen LogP) is 5.37. The molecule has 21 heavy (non-hydrogen) atoms. The molecule has 0 bridgehead atoms. The highest BCUT2D eigenvalue weighted by molar-refractivity contribution is 9.10. The maximum absolute atomic E-state index is 12.4. The van der Waals surface area contributed by atoms with Crippen molar-refractivity contribution in [3.05, 3.63) is 69.2 Å². The fourth-order valence-corrected chi connectivity index (χ4v) is 2.67. The van der Waals surface area contributed by atoms with Crippen LogP contribution in [0.4, 0.5) is 0 Å².